The minimum atomic E-state index is -0.162. The minimum absolute atomic E-state index is 0.162. The molecule has 0 aromatic rings. The van der Waals surface area contributed by atoms with Crippen LogP contribution in [0.1, 0.15) is 39.0 Å². The number of rotatable bonds is 6. The maximum atomic E-state index is 6.00. The summed E-state index contributed by atoms with van der Waals surface area (Å²) in [6.07, 6.45) is 5.86. The van der Waals surface area contributed by atoms with Gasteiger partial charge in [-0.2, -0.15) is 0 Å². The Labute approximate surface area is 110 Å². The van der Waals surface area contributed by atoms with Crippen LogP contribution in [0.25, 0.3) is 0 Å². The summed E-state index contributed by atoms with van der Waals surface area (Å²) in [5.74, 6) is 0.587. The molecule has 2 fully saturated rings. The van der Waals surface area contributed by atoms with Gasteiger partial charge in [-0.1, -0.05) is 6.92 Å². The van der Waals surface area contributed by atoms with Crippen LogP contribution in [0.3, 0.4) is 0 Å². The topological polar surface area (TPSA) is 39.7 Å². The van der Waals surface area contributed by atoms with Crippen LogP contribution in [-0.2, 0) is 14.2 Å². The molecule has 2 rings (SSSR count). The second kappa shape index (κ2) is 6.33. The molecule has 0 aromatic carbocycles. The molecule has 1 saturated heterocycles. The van der Waals surface area contributed by atoms with Crippen molar-refractivity contribution in [1.29, 1.82) is 0 Å². The van der Waals surface area contributed by atoms with Gasteiger partial charge in [-0.15, -0.1) is 0 Å². The normalized spacial score (nSPS) is 28.3. The van der Waals surface area contributed by atoms with E-state index in [1.54, 1.807) is 14.2 Å². The van der Waals surface area contributed by atoms with Gasteiger partial charge in [0.25, 0.3) is 0 Å². The molecule has 0 radical (unpaired) electrons. The Morgan fingerprint density at radius 3 is 2.56 bits per heavy atom. The molecule has 106 valence electrons. The molecule has 0 amide bonds. The molecule has 4 nitrogen and oxygen atoms in total. The first-order chi connectivity index (χ1) is 8.74. The van der Waals surface area contributed by atoms with Gasteiger partial charge in [0.05, 0.1) is 11.6 Å². The smallest absolute Gasteiger partial charge is 0.172 e. The van der Waals surface area contributed by atoms with Crippen LogP contribution < -0.4 is 5.32 Å². The molecule has 0 bridgehead atoms. The Balaban J connectivity index is 2.00. The van der Waals surface area contributed by atoms with Crippen LogP contribution in [0.15, 0.2) is 0 Å². The Morgan fingerprint density at radius 1 is 1.33 bits per heavy atom. The number of nitrogens with one attached hydrogen (secondary N) is 1. The summed E-state index contributed by atoms with van der Waals surface area (Å²) in [5, 5.41) is 3.53. The molecule has 2 aliphatic rings. The van der Waals surface area contributed by atoms with Crippen molar-refractivity contribution in [1.82, 2.24) is 5.32 Å². The summed E-state index contributed by atoms with van der Waals surface area (Å²) in [6, 6.07) is 0.270. The van der Waals surface area contributed by atoms with Gasteiger partial charge in [-0.25, -0.2) is 0 Å². The van der Waals surface area contributed by atoms with E-state index in [4.69, 9.17) is 14.2 Å². The Bertz CT molecular complexity index is 251. The zero-order valence-electron chi connectivity index (χ0n) is 11.9. The van der Waals surface area contributed by atoms with Crippen molar-refractivity contribution in [2.75, 3.05) is 27.4 Å². The fraction of sp³-hybridized carbons (Fsp3) is 1.00. The van der Waals surface area contributed by atoms with Crippen molar-refractivity contribution in [2.24, 2.45) is 5.92 Å². The Kier molecular flexibility index (Phi) is 5.01. The lowest BCUT2D eigenvalue weighted by atomic mass is 9.70. The van der Waals surface area contributed by atoms with Gasteiger partial charge in [0, 0.05) is 20.8 Å². The standard InChI is InChI=1S/C14H27NO3/c1-4-15-12(13(16-2)17-3)11-6-9-18-14(10-11)7-5-8-14/h11-13,15H,4-10H2,1-3H3. The first-order valence-corrected chi connectivity index (χ1v) is 7.17. The van der Waals surface area contributed by atoms with Gasteiger partial charge >= 0.3 is 0 Å². The highest BCUT2D eigenvalue weighted by Crippen LogP contribution is 2.45. The predicted octanol–water partition coefficient (Wildman–Crippen LogP) is 1.93. The molecule has 1 aliphatic heterocycles. The lowest BCUT2D eigenvalue weighted by Gasteiger charge is -2.49. The summed E-state index contributed by atoms with van der Waals surface area (Å²) < 4.78 is 16.9. The largest absolute Gasteiger partial charge is 0.375 e. The third-order valence-corrected chi connectivity index (χ3v) is 4.50. The molecule has 0 aromatic heterocycles. The third-order valence-electron chi connectivity index (χ3n) is 4.50. The van der Waals surface area contributed by atoms with E-state index >= 15 is 0 Å². The minimum Gasteiger partial charge on any atom is -0.375 e. The van der Waals surface area contributed by atoms with Crippen LogP contribution in [-0.4, -0.2) is 45.3 Å². The second-order valence-electron chi connectivity index (χ2n) is 5.56. The average molecular weight is 257 g/mol. The van der Waals surface area contributed by atoms with Gasteiger partial charge in [0.2, 0.25) is 0 Å². The van der Waals surface area contributed by atoms with Crippen molar-refractivity contribution >= 4 is 0 Å². The molecule has 1 aliphatic carbocycles. The average Bonchev–Trinajstić information content (AvgIpc) is 2.37. The fourth-order valence-corrected chi connectivity index (χ4v) is 3.40. The highest BCUT2D eigenvalue weighted by molar-refractivity contribution is 4.97. The summed E-state index contributed by atoms with van der Waals surface area (Å²) in [4.78, 5) is 0. The quantitative estimate of drug-likeness (QED) is 0.738. The maximum absolute atomic E-state index is 6.00. The molecule has 1 saturated carbocycles. The molecular formula is C14H27NO3. The van der Waals surface area contributed by atoms with Gasteiger partial charge in [-0.05, 0) is 44.6 Å². The van der Waals surface area contributed by atoms with Crippen LogP contribution in [0.4, 0.5) is 0 Å². The van der Waals surface area contributed by atoms with E-state index in [1.807, 2.05) is 0 Å². The molecule has 4 heteroatoms. The van der Waals surface area contributed by atoms with E-state index in [1.165, 1.54) is 19.3 Å². The summed E-state index contributed by atoms with van der Waals surface area (Å²) in [7, 11) is 3.44. The van der Waals surface area contributed by atoms with Crippen molar-refractivity contribution in [3.63, 3.8) is 0 Å². The number of likely N-dealkylation sites (N-methyl/N-ethyl adjacent to an activating group) is 1. The summed E-state index contributed by atoms with van der Waals surface area (Å²) in [6.45, 7) is 3.96. The number of hydrogen-bond acceptors (Lipinski definition) is 4. The first kappa shape index (κ1) is 14.3. The van der Waals surface area contributed by atoms with E-state index in [9.17, 15) is 0 Å². The van der Waals surface area contributed by atoms with E-state index in [0.717, 1.165) is 26.0 Å². The number of ether oxygens (including phenoxy) is 3. The predicted molar refractivity (Wildman–Crippen MR) is 70.5 cm³/mol. The van der Waals surface area contributed by atoms with E-state index in [0.29, 0.717) is 5.92 Å². The van der Waals surface area contributed by atoms with Gasteiger partial charge < -0.3 is 19.5 Å². The van der Waals surface area contributed by atoms with Crippen LogP contribution in [0.2, 0.25) is 0 Å². The zero-order valence-corrected chi connectivity index (χ0v) is 11.9. The summed E-state index contributed by atoms with van der Waals surface area (Å²) in [5.41, 5.74) is 0.183. The van der Waals surface area contributed by atoms with Crippen LogP contribution in [0, 0.1) is 5.92 Å². The van der Waals surface area contributed by atoms with E-state index in [-0.39, 0.29) is 17.9 Å². The molecule has 2 unspecified atom stereocenters. The maximum Gasteiger partial charge on any atom is 0.172 e. The number of methoxy groups -OCH3 is 2. The van der Waals surface area contributed by atoms with E-state index < -0.39 is 0 Å². The second-order valence-corrected chi connectivity index (χ2v) is 5.56. The molecular weight excluding hydrogens is 230 g/mol. The molecule has 1 spiro atoms. The zero-order chi connectivity index (χ0) is 13.0. The van der Waals surface area contributed by atoms with Crippen molar-refractivity contribution < 1.29 is 14.2 Å². The highest BCUT2D eigenvalue weighted by Gasteiger charge is 2.45. The van der Waals surface area contributed by atoms with Crippen molar-refractivity contribution in [3.8, 4) is 0 Å². The monoisotopic (exact) mass is 257 g/mol. The van der Waals surface area contributed by atoms with Gasteiger partial charge in [0.1, 0.15) is 0 Å². The van der Waals surface area contributed by atoms with Crippen molar-refractivity contribution in [2.45, 2.75) is 57.0 Å². The Morgan fingerprint density at radius 2 is 2.06 bits per heavy atom. The third kappa shape index (κ3) is 2.87. The number of hydrogen-bond donors (Lipinski definition) is 1. The van der Waals surface area contributed by atoms with Crippen molar-refractivity contribution in [3.05, 3.63) is 0 Å². The fourth-order valence-electron chi connectivity index (χ4n) is 3.40. The van der Waals surface area contributed by atoms with Crippen LogP contribution >= 0.6 is 0 Å². The molecule has 18 heavy (non-hydrogen) atoms. The summed E-state index contributed by atoms with van der Waals surface area (Å²) >= 11 is 0. The van der Waals surface area contributed by atoms with Crippen LogP contribution in [0.5, 0.6) is 0 Å². The SMILES string of the molecule is CCNC(C1CCOC2(CCC2)C1)C(OC)OC. The highest BCUT2D eigenvalue weighted by atomic mass is 16.7. The molecule has 1 heterocycles. The Hall–Kier alpha value is -0.160. The molecule has 1 N–H and O–H groups in total. The van der Waals surface area contributed by atoms with E-state index in [2.05, 4.69) is 12.2 Å². The van der Waals surface area contributed by atoms with Gasteiger partial charge in [0.15, 0.2) is 6.29 Å². The van der Waals surface area contributed by atoms with Gasteiger partial charge in [-0.3, -0.25) is 0 Å². The first-order valence-electron chi connectivity index (χ1n) is 7.17. The lowest BCUT2D eigenvalue weighted by molar-refractivity contribution is -0.176. The lowest BCUT2D eigenvalue weighted by Crippen LogP contribution is -2.54. The molecule has 2 atom stereocenters.